The van der Waals surface area contributed by atoms with E-state index >= 15 is 0 Å². The summed E-state index contributed by atoms with van der Waals surface area (Å²) in [5.74, 6) is 0.0341. The van der Waals surface area contributed by atoms with Crippen LogP contribution in [0.2, 0.25) is 0 Å². The lowest BCUT2D eigenvalue weighted by Crippen LogP contribution is -2.47. The maximum atomic E-state index is 12.6. The van der Waals surface area contributed by atoms with Crippen LogP contribution in [0.25, 0.3) is 0 Å². The first-order chi connectivity index (χ1) is 19.4. The summed E-state index contributed by atoms with van der Waals surface area (Å²) in [5.41, 5.74) is 3.47. The molecule has 0 aliphatic carbocycles. The molecule has 40 heavy (non-hydrogen) atoms. The molecule has 2 aliphatic rings. The number of rotatable bonds is 12. The van der Waals surface area contributed by atoms with Gasteiger partial charge in [0, 0.05) is 56.7 Å². The highest BCUT2D eigenvalue weighted by Gasteiger charge is 2.39. The maximum Gasteiger partial charge on any atom is 0.224 e. The minimum absolute atomic E-state index is 0.00232. The molecule has 2 amide bonds. The number of ether oxygens (including phenoxy) is 3. The van der Waals surface area contributed by atoms with E-state index in [1.54, 1.807) is 0 Å². The molecule has 0 aromatic heterocycles. The van der Waals surface area contributed by atoms with Crippen LogP contribution in [-0.2, 0) is 30.4 Å². The van der Waals surface area contributed by atoms with Crippen LogP contribution in [0.4, 0.5) is 5.69 Å². The van der Waals surface area contributed by atoms with Gasteiger partial charge in [-0.05, 0) is 36.1 Å². The standard InChI is InChI=1S/C31H43N3O6/c1-22-28(20-34-15-17-38-18-16-34)39-31(40-30(22)25-12-10-24(21-35)11-13-25)26-7-6-8-27(19-26)33-29(37)9-4-3-5-14-32-23(2)36/h6-8,10-13,19,22,28,30-31,35H,3-5,9,14-18,20-21H2,1-2H3,(H,32,36)(H,33,37)/t22-,28+,30+,31+/m0/s1. The van der Waals surface area contributed by atoms with E-state index in [9.17, 15) is 14.7 Å². The van der Waals surface area contributed by atoms with Gasteiger partial charge in [-0.3, -0.25) is 14.5 Å². The van der Waals surface area contributed by atoms with Crippen molar-refractivity contribution in [1.82, 2.24) is 10.2 Å². The van der Waals surface area contributed by atoms with Crippen LogP contribution in [0, 0.1) is 5.92 Å². The lowest BCUT2D eigenvalue weighted by atomic mass is 9.90. The van der Waals surface area contributed by atoms with Crippen molar-refractivity contribution in [2.45, 2.75) is 64.6 Å². The summed E-state index contributed by atoms with van der Waals surface area (Å²) in [4.78, 5) is 25.9. The van der Waals surface area contributed by atoms with Gasteiger partial charge >= 0.3 is 0 Å². The second-order valence-corrected chi connectivity index (χ2v) is 10.7. The Kier molecular flexibility index (Phi) is 11.5. The zero-order chi connectivity index (χ0) is 28.3. The molecule has 0 radical (unpaired) electrons. The number of amides is 2. The van der Waals surface area contributed by atoms with Crippen LogP contribution in [0.1, 0.15) is 68.6 Å². The Labute approximate surface area is 237 Å². The molecular formula is C31H43N3O6. The molecule has 2 aliphatic heterocycles. The lowest BCUT2D eigenvalue weighted by molar-refractivity contribution is -0.277. The van der Waals surface area contributed by atoms with Crippen molar-refractivity contribution in [2.75, 3.05) is 44.7 Å². The minimum Gasteiger partial charge on any atom is -0.392 e. The molecule has 0 saturated carbocycles. The third-order valence-electron chi connectivity index (χ3n) is 7.56. The summed E-state index contributed by atoms with van der Waals surface area (Å²) in [6, 6.07) is 15.6. The van der Waals surface area contributed by atoms with Crippen molar-refractivity contribution < 1.29 is 28.9 Å². The third-order valence-corrected chi connectivity index (χ3v) is 7.56. The van der Waals surface area contributed by atoms with Crippen LogP contribution < -0.4 is 10.6 Å². The van der Waals surface area contributed by atoms with Gasteiger partial charge in [0.25, 0.3) is 0 Å². The van der Waals surface area contributed by atoms with Gasteiger partial charge in [-0.15, -0.1) is 0 Å². The molecule has 2 saturated heterocycles. The van der Waals surface area contributed by atoms with E-state index in [0.29, 0.717) is 18.7 Å². The monoisotopic (exact) mass is 553 g/mol. The largest absolute Gasteiger partial charge is 0.392 e. The topological polar surface area (TPSA) is 109 Å². The molecule has 0 unspecified atom stereocenters. The molecule has 9 heteroatoms. The summed E-state index contributed by atoms with van der Waals surface area (Å²) >= 11 is 0. The number of hydrogen-bond acceptors (Lipinski definition) is 7. The number of nitrogens with one attached hydrogen (secondary N) is 2. The van der Waals surface area contributed by atoms with Crippen LogP contribution in [0.3, 0.4) is 0 Å². The number of hydrogen-bond donors (Lipinski definition) is 3. The SMILES string of the molecule is CC(=O)NCCCCCC(=O)Nc1cccc([C@@H]2O[C@H](CN3CCOCC3)[C@H](C)[C@H](c3ccc(CO)cc3)O2)c1. The number of carbonyl (C=O) groups excluding carboxylic acids is 2. The van der Waals surface area contributed by atoms with E-state index in [1.807, 2.05) is 48.5 Å². The first-order valence-corrected chi connectivity index (χ1v) is 14.4. The number of anilines is 1. The second kappa shape index (κ2) is 15.3. The van der Waals surface area contributed by atoms with Crippen molar-refractivity contribution in [2.24, 2.45) is 5.92 Å². The zero-order valence-electron chi connectivity index (χ0n) is 23.6. The highest BCUT2D eigenvalue weighted by atomic mass is 16.7. The fraction of sp³-hybridized carbons (Fsp3) is 0.548. The molecular weight excluding hydrogens is 510 g/mol. The number of nitrogens with zero attached hydrogens (tertiary/aromatic N) is 1. The number of carbonyl (C=O) groups is 2. The van der Waals surface area contributed by atoms with Crippen molar-refractivity contribution in [3.05, 3.63) is 65.2 Å². The summed E-state index contributed by atoms with van der Waals surface area (Å²) in [5, 5.41) is 15.3. The fourth-order valence-corrected chi connectivity index (χ4v) is 5.20. The lowest BCUT2D eigenvalue weighted by Gasteiger charge is -2.43. The molecule has 0 spiro atoms. The van der Waals surface area contributed by atoms with E-state index < -0.39 is 6.29 Å². The molecule has 0 bridgehead atoms. The molecule has 3 N–H and O–H groups in total. The second-order valence-electron chi connectivity index (χ2n) is 10.7. The van der Waals surface area contributed by atoms with Gasteiger partial charge in [0.1, 0.15) is 0 Å². The highest BCUT2D eigenvalue weighted by molar-refractivity contribution is 5.90. The molecule has 2 fully saturated rings. The zero-order valence-corrected chi connectivity index (χ0v) is 23.6. The predicted molar refractivity (Wildman–Crippen MR) is 152 cm³/mol. The Balaban J connectivity index is 1.42. The Hall–Kier alpha value is -2.82. The van der Waals surface area contributed by atoms with Gasteiger partial charge in [-0.2, -0.15) is 0 Å². The Morgan fingerprint density at radius 3 is 2.50 bits per heavy atom. The highest BCUT2D eigenvalue weighted by Crippen LogP contribution is 2.42. The van der Waals surface area contributed by atoms with Crippen LogP contribution in [0.15, 0.2) is 48.5 Å². The van der Waals surface area contributed by atoms with E-state index in [4.69, 9.17) is 14.2 Å². The molecule has 2 aromatic rings. The van der Waals surface area contributed by atoms with Crippen molar-refractivity contribution >= 4 is 17.5 Å². The first-order valence-electron chi connectivity index (χ1n) is 14.4. The van der Waals surface area contributed by atoms with Gasteiger partial charge in [0.05, 0.1) is 32.0 Å². The predicted octanol–water partition coefficient (Wildman–Crippen LogP) is 3.94. The third kappa shape index (κ3) is 8.84. The van der Waals surface area contributed by atoms with E-state index in [0.717, 1.165) is 68.8 Å². The summed E-state index contributed by atoms with van der Waals surface area (Å²) < 4.78 is 18.7. The number of benzene rings is 2. The number of unbranched alkanes of at least 4 members (excludes halogenated alkanes) is 2. The van der Waals surface area contributed by atoms with Crippen molar-refractivity contribution in [1.29, 1.82) is 0 Å². The molecule has 218 valence electrons. The normalized spacial score (nSPS) is 23.5. The van der Waals surface area contributed by atoms with Gasteiger partial charge in [-0.25, -0.2) is 0 Å². The van der Waals surface area contributed by atoms with Crippen LogP contribution in [-0.4, -0.2) is 67.3 Å². The summed E-state index contributed by atoms with van der Waals surface area (Å²) in [6.07, 6.45) is 2.08. The number of morpholine rings is 1. The number of aliphatic hydroxyl groups excluding tert-OH is 1. The molecule has 2 heterocycles. The van der Waals surface area contributed by atoms with Crippen LogP contribution in [0.5, 0.6) is 0 Å². The average Bonchev–Trinajstić information content (AvgIpc) is 2.96. The quantitative estimate of drug-likeness (QED) is 0.342. The Bertz CT molecular complexity index is 1090. The van der Waals surface area contributed by atoms with Crippen molar-refractivity contribution in [3.8, 4) is 0 Å². The number of aliphatic hydroxyl groups is 1. The van der Waals surface area contributed by atoms with E-state index in [-0.39, 0.29) is 36.5 Å². The fourth-order valence-electron chi connectivity index (χ4n) is 5.20. The van der Waals surface area contributed by atoms with E-state index in [2.05, 4.69) is 22.5 Å². The smallest absolute Gasteiger partial charge is 0.224 e. The van der Waals surface area contributed by atoms with Crippen molar-refractivity contribution in [3.63, 3.8) is 0 Å². The van der Waals surface area contributed by atoms with Gasteiger partial charge in [0.15, 0.2) is 6.29 Å². The van der Waals surface area contributed by atoms with Gasteiger partial charge in [0.2, 0.25) is 11.8 Å². The molecule has 2 aromatic carbocycles. The summed E-state index contributed by atoms with van der Waals surface area (Å²) in [7, 11) is 0. The Morgan fingerprint density at radius 2 is 1.77 bits per heavy atom. The van der Waals surface area contributed by atoms with E-state index in [1.165, 1.54) is 6.92 Å². The first kappa shape index (κ1) is 30.1. The van der Waals surface area contributed by atoms with Gasteiger partial charge in [-0.1, -0.05) is 49.7 Å². The molecule has 9 nitrogen and oxygen atoms in total. The Morgan fingerprint density at radius 1 is 1.00 bits per heavy atom. The minimum atomic E-state index is -0.588. The maximum absolute atomic E-state index is 12.6. The molecule has 4 atom stereocenters. The summed E-state index contributed by atoms with van der Waals surface area (Å²) in [6.45, 7) is 8.30. The average molecular weight is 554 g/mol. The van der Waals surface area contributed by atoms with Crippen LogP contribution >= 0.6 is 0 Å². The molecule has 4 rings (SSSR count). The van der Waals surface area contributed by atoms with Gasteiger partial charge < -0.3 is 30.0 Å².